The number of furan rings is 1. The maximum atomic E-state index is 12.5. The molecule has 0 aliphatic carbocycles. The van der Waals surface area contributed by atoms with Gasteiger partial charge < -0.3 is 14.5 Å². The van der Waals surface area contributed by atoms with Gasteiger partial charge in [0.25, 0.3) is 5.91 Å². The van der Waals surface area contributed by atoms with E-state index in [1.807, 2.05) is 0 Å². The summed E-state index contributed by atoms with van der Waals surface area (Å²) in [5.41, 5.74) is 2.11. The minimum absolute atomic E-state index is 0.204. The van der Waals surface area contributed by atoms with Crippen LogP contribution in [0, 0.1) is 6.92 Å². The first-order valence-corrected chi connectivity index (χ1v) is 7.56. The summed E-state index contributed by atoms with van der Waals surface area (Å²) >= 11 is 5.98. The third kappa shape index (κ3) is 2.98. The normalized spacial score (nSPS) is 10.6. The van der Waals surface area contributed by atoms with E-state index in [9.17, 15) is 9.59 Å². The number of halogens is 1. The highest BCUT2D eigenvalue weighted by molar-refractivity contribution is 6.31. The van der Waals surface area contributed by atoms with Gasteiger partial charge in [-0.05, 0) is 43.3 Å². The Morgan fingerprint density at radius 3 is 2.71 bits per heavy atom. The van der Waals surface area contributed by atoms with E-state index in [0.717, 1.165) is 5.39 Å². The quantitative estimate of drug-likeness (QED) is 0.714. The number of carbonyl (C=O) groups excluding carboxylic acids is 2. The Morgan fingerprint density at radius 1 is 1.17 bits per heavy atom. The van der Waals surface area contributed by atoms with Crippen molar-refractivity contribution in [2.24, 2.45) is 0 Å². The summed E-state index contributed by atoms with van der Waals surface area (Å²) in [7, 11) is 1.30. The lowest BCUT2D eigenvalue weighted by molar-refractivity contribution is 0.0600. The van der Waals surface area contributed by atoms with Crippen LogP contribution in [-0.4, -0.2) is 19.0 Å². The zero-order valence-corrected chi connectivity index (χ0v) is 13.8. The molecule has 122 valence electrons. The lowest BCUT2D eigenvalue weighted by Crippen LogP contribution is -2.12. The molecule has 0 unspecified atom stereocenters. The summed E-state index contributed by atoms with van der Waals surface area (Å²) in [5.74, 6) is -0.668. The van der Waals surface area contributed by atoms with Crippen LogP contribution in [0.5, 0.6) is 0 Å². The number of anilines is 1. The fourth-order valence-corrected chi connectivity index (χ4v) is 2.61. The molecule has 0 spiro atoms. The van der Waals surface area contributed by atoms with Gasteiger partial charge in [0.05, 0.1) is 12.7 Å². The van der Waals surface area contributed by atoms with Crippen molar-refractivity contribution in [1.82, 2.24) is 0 Å². The Hall–Kier alpha value is -2.79. The van der Waals surface area contributed by atoms with E-state index in [0.29, 0.717) is 27.4 Å². The molecule has 0 fully saturated rings. The fraction of sp³-hybridized carbons (Fsp3) is 0.111. The van der Waals surface area contributed by atoms with E-state index < -0.39 is 11.9 Å². The van der Waals surface area contributed by atoms with Crippen LogP contribution in [0.1, 0.15) is 26.5 Å². The van der Waals surface area contributed by atoms with Crippen molar-refractivity contribution in [1.29, 1.82) is 0 Å². The Morgan fingerprint density at radius 2 is 1.96 bits per heavy atom. The number of ether oxygens (including phenoxy) is 1. The molecule has 0 radical (unpaired) electrons. The number of rotatable bonds is 3. The maximum Gasteiger partial charge on any atom is 0.337 e. The fourth-order valence-electron chi connectivity index (χ4n) is 2.44. The first-order valence-electron chi connectivity index (χ1n) is 7.18. The molecule has 0 aliphatic heterocycles. The van der Waals surface area contributed by atoms with Crippen LogP contribution in [-0.2, 0) is 4.74 Å². The molecule has 3 aromatic rings. The van der Waals surface area contributed by atoms with Crippen LogP contribution in [0.4, 0.5) is 5.69 Å². The Labute approximate surface area is 143 Å². The van der Waals surface area contributed by atoms with Crippen molar-refractivity contribution in [3.8, 4) is 0 Å². The van der Waals surface area contributed by atoms with E-state index in [1.54, 1.807) is 49.4 Å². The van der Waals surface area contributed by atoms with Crippen molar-refractivity contribution >= 4 is 40.1 Å². The number of aryl methyl sites for hydroxylation is 1. The second-order valence-electron chi connectivity index (χ2n) is 5.22. The predicted octanol–water partition coefficient (Wildman–Crippen LogP) is 4.43. The van der Waals surface area contributed by atoms with Crippen LogP contribution in [0.25, 0.3) is 11.0 Å². The third-order valence-electron chi connectivity index (χ3n) is 3.65. The molecule has 1 N–H and O–H groups in total. The van der Waals surface area contributed by atoms with E-state index in [2.05, 4.69) is 10.1 Å². The van der Waals surface area contributed by atoms with E-state index in [1.165, 1.54) is 7.11 Å². The second-order valence-corrected chi connectivity index (χ2v) is 5.66. The molecular formula is C18H14ClNO4. The van der Waals surface area contributed by atoms with Gasteiger partial charge in [0.2, 0.25) is 0 Å². The van der Waals surface area contributed by atoms with Crippen LogP contribution in [0.2, 0.25) is 5.02 Å². The third-order valence-corrected chi connectivity index (χ3v) is 3.88. The standard InChI is InChI=1S/C18H14ClNO4/c1-10-14-9-12(19)6-7-15(14)24-16(10)17(21)20-13-5-3-4-11(8-13)18(22)23-2/h3-9H,1-2H3,(H,20,21). The number of fused-ring (bicyclic) bond motifs is 1. The SMILES string of the molecule is COC(=O)c1cccc(NC(=O)c2oc3ccc(Cl)cc3c2C)c1. The van der Waals surface area contributed by atoms with Crippen molar-refractivity contribution in [2.45, 2.75) is 6.92 Å². The van der Waals surface area contributed by atoms with Crippen LogP contribution >= 0.6 is 11.6 Å². The average molecular weight is 344 g/mol. The Bertz CT molecular complexity index is 945. The smallest absolute Gasteiger partial charge is 0.337 e. The maximum absolute atomic E-state index is 12.5. The van der Waals surface area contributed by atoms with Gasteiger partial charge in [-0.15, -0.1) is 0 Å². The number of esters is 1. The number of carbonyl (C=O) groups is 2. The zero-order chi connectivity index (χ0) is 17.3. The number of hydrogen-bond acceptors (Lipinski definition) is 4. The summed E-state index contributed by atoms with van der Waals surface area (Å²) in [6.45, 7) is 1.79. The number of benzene rings is 2. The molecule has 24 heavy (non-hydrogen) atoms. The van der Waals surface area contributed by atoms with Crippen LogP contribution in [0.3, 0.4) is 0 Å². The second kappa shape index (κ2) is 6.37. The van der Waals surface area contributed by atoms with Gasteiger partial charge in [0.15, 0.2) is 5.76 Å². The van der Waals surface area contributed by atoms with Gasteiger partial charge in [0, 0.05) is 21.7 Å². The molecule has 3 rings (SSSR count). The predicted molar refractivity (Wildman–Crippen MR) is 91.7 cm³/mol. The lowest BCUT2D eigenvalue weighted by Gasteiger charge is -2.05. The summed E-state index contributed by atoms with van der Waals surface area (Å²) in [6.07, 6.45) is 0. The number of nitrogens with one attached hydrogen (secondary N) is 1. The summed E-state index contributed by atoms with van der Waals surface area (Å²) < 4.78 is 10.3. The summed E-state index contributed by atoms with van der Waals surface area (Å²) in [5, 5.41) is 4.08. The molecule has 0 saturated heterocycles. The Kier molecular flexibility index (Phi) is 4.27. The van der Waals surface area contributed by atoms with Gasteiger partial charge in [-0.2, -0.15) is 0 Å². The first-order chi connectivity index (χ1) is 11.5. The summed E-state index contributed by atoms with van der Waals surface area (Å²) in [6, 6.07) is 11.7. The van der Waals surface area contributed by atoms with Gasteiger partial charge in [-0.3, -0.25) is 4.79 Å². The van der Waals surface area contributed by atoms with Gasteiger partial charge in [-0.25, -0.2) is 4.79 Å². The van der Waals surface area contributed by atoms with Crippen molar-refractivity contribution in [3.05, 3.63) is 64.4 Å². The van der Waals surface area contributed by atoms with Crippen molar-refractivity contribution < 1.29 is 18.7 Å². The molecule has 5 nitrogen and oxygen atoms in total. The molecular weight excluding hydrogens is 330 g/mol. The largest absolute Gasteiger partial charge is 0.465 e. The van der Waals surface area contributed by atoms with Gasteiger partial charge in [0.1, 0.15) is 5.58 Å². The molecule has 0 atom stereocenters. The number of amides is 1. The monoisotopic (exact) mass is 343 g/mol. The highest BCUT2D eigenvalue weighted by atomic mass is 35.5. The summed E-state index contributed by atoms with van der Waals surface area (Å²) in [4.78, 5) is 24.0. The highest BCUT2D eigenvalue weighted by Gasteiger charge is 2.18. The Balaban J connectivity index is 1.90. The molecule has 6 heteroatoms. The van der Waals surface area contributed by atoms with E-state index >= 15 is 0 Å². The zero-order valence-electron chi connectivity index (χ0n) is 13.1. The van der Waals surface area contributed by atoms with Crippen molar-refractivity contribution in [2.75, 3.05) is 12.4 Å². The molecule has 0 bridgehead atoms. The van der Waals surface area contributed by atoms with Gasteiger partial charge >= 0.3 is 5.97 Å². The van der Waals surface area contributed by atoms with Crippen LogP contribution < -0.4 is 5.32 Å². The lowest BCUT2D eigenvalue weighted by atomic mass is 10.1. The molecule has 0 saturated carbocycles. The topological polar surface area (TPSA) is 68.5 Å². The molecule has 2 aromatic carbocycles. The van der Waals surface area contributed by atoms with Crippen molar-refractivity contribution in [3.63, 3.8) is 0 Å². The minimum atomic E-state index is -0.472. The average Bonchev–Trinajstić information content (AvgIpc) is 2.91. The first kappa shape index (κ1) is 16.1. The number of hydrogen-bond donors (Lipinski definition) is 1. The molecule has 1 amide bonds. The molecule has 1 heterocycles. The highest BCUT2D eigenvalue weighted by Crippen LogP contribution is 2.28. The van der Waals surface area contributed by atoms with Gasteiger partial charge in [-0.1, -0.05) is 17.7 Å². The van der Waals surface area contributed by atoms with E-state index in [4.69, 9.17) is 16.0 Å². The minimum Gasteiger partial charge on any atom is -0.465 e. The van der Waals surface area contributed by atoms with Crippen LogP contribution in [0.15, 0.2) is 46.9 Å². The van der Waals surface area contributed by atoms with E-state index in [-0.39, 0.29) is 5.76 Å². The molecule has 0 aliphatic rings. The molecule has 1 aromatic heterocycles. The number of methoxy groups -OCH3 is 1.